The normalized spacial score (nSPS) is 24.5. The van der Waals surface area contributed by atoms with Crippen molar-refractivity contribution in [2.24, 2.45) is 0 Å². The number of hydrogen-bond acceptors (Lipinski definition) is 0. The van der Waals surface area contributed by atoms with Gasteiger partial charge in [0, 0.05) is 22.9 Å². The zero-order valence-electron chi connectivity index (χ0n) is 18.5. The topological polar surface area (TPSA) is 3.01 Å². The van der Waals surface area contributed by atoms with Crippen LogP contribution in [-0.4, -0.2) is 22.6 Å². The van der Waals surface area contributed by atoms with Crippen LogP contribution in [0.4, 0.5) is 0 Å². The maximum Gasteiger partial charge on any atom is 0.555 e. The SMILES string of the molecule is CC12CC1(C)[N+]1=C(c3ccccc3-c3ccccc3B1c1ccccc1)c1ccccc12. The molecule has 2 aliphatic heterocycles. The molecule has 1 nitrogen and oxygen atoms in total. The number of fused-ring (bicyclic) bond motifs is 9. The Balaban J connectivity index is 1.69. The first-order chi connectivity index (χ1) is 15.6. The van der Waals surface area contributed by atoms with Gasteiger partial charge in [0.2, 0.25) is 0 Å². The molecule has 4 aromatic carbocycles. The molecule has 1 saturated carbocycles. The Labute approximate surface area is 190 Å². The van der Waals surface area contributed by atoms with Gasteiger partial charge in [-0.25, -0.2) is 0 Å². The predicted octanol–water partition coefficient (Wildman–Crippen LogP) is 4.76. The highest BCUT2D eigenvalue weighted by atomic mass is 15.1. The highest BCUT2D eigenvalue weighted by molar-refractivity contribution is 6.80. The Hall–Kier alpha value is -3.39. The minimum absolute atomic E-state index is 0.0712. The molecule has 7 rings (SSSR count). The van der Waals surface area contributed by atoms with Crippen LogP contribution in [0.2, 0.25) is 0 Å². The molecule has 1 aliphatic carbocycles. The van der Waals surface area contributed by atoms with Crippen molar-refractivity contribution in [1.82, 2.24) is 0 Å². The maximum absolute atomic E-state index is 2.79. The van der Waals surface area contributed by atoms with E-state index in [1.807, 2.05) is 0 Å². The molecule has 0 spiro atoms. The van der Waals surface area contributed by atoms with Crippen molar-refractivity contribution in [3.8, 4) is 11.1 Å². The highest BCUT2D eigenvalue weighted by Crippen LogP contribution is 2.63. The average molecular weight is 410 g/mol. The van der Waals surface area contributed by atoms with Crippen LogP contribution in [0.25, 0.3) is 11.1 Å². The van der Waals surface area contributed by atoms with E-state index in [0.717, 1.165) is 0 Å². The molecule has 2 heteroatoms. The molecule has 0 N–H and O–H groups in total. The first kappa shape index (κ1) is 18.2. The highest BCUT2D eigenvalue weighted by Gasteiger charge is 2.75. The lowest BCUT2D eigenvalue weighted by Gasteiger charge is -2.31. The monoisotopic (exact) mass is 410 g/mol. The van der Waals surface area contributed by atoms with Gasteiger partial charge in [0.15, 0.2) is 5.71 Å². The second-order valence-electron chi connectivity index (χ2n) is 9.99. The van der Waals surface area contributed by atoms with E-state index in [1.54, 1.807) is 0 Å². The van der Waals surface area contributed by atoms with Gasteiger partial charge in [-0.15, -0.1) is 0 Å². The number of hydrogen-bond donors (Lipinski definition) is 0. The van der Waals surface area contributed by atoms with Gasteiger partial charge in [0.05, 0.1) is 11.0 Å². The Morgan fingerprint density at radius 2 is 1.22 bits per heavy atom. The number of benzene rings is 4. The van der Waals surface area contributed by atoms with E-state index in [1.165, 1.54) is 50.9 Å². The first-order valence-corrected chi connectivity index (χ1v) is 11.6. The lowest BCUT2D eigenvalue weighted by atomic mass is 9.47. The molecule has 2 unspecified atom stereocenters. The van der Waals surface area contributed by atoms with Gasteiger partial charge in [-0.1, -0.05) is 91.0 Å². The molecule has 2 heterocycles. The summed E-state index contributed by atoms with van der Waals surface area (Å²) in [4.78, 5) is 0. The van der Waals surface area contributed by atoms with Crippen LogP contribution in [0.5, 0.6) is 0 Å². The van der Waals surface area contributed by atoms with Crippen LogP contribution in [0.3, 0.4) is 0 Å². The quantitative estimate of drug-likeness (QED) is 0.398. The fourth-order valence-corrected chi connectivity index (χ4v) is 6.63. The molecule has 0 bridgehead atoms. The minimum atomic E-state index is 0.0712. The van der Waals surface area contributed by atoms with Gasteiger partial charge in [-0.2, -0.15) is 0 Å². The van der Waals surface area contributed by atoms with E-state index in [4.69, 9.17) is 0 Å². The van der Waals surface area contributed by atoms with Gasteiger partial charge < -0.3 is 0 Å². The van der Waals surface area contributed by atoms with Crippen LogP contribution in [0.1, 0.15) is 37.0 Å². The van der Waals surface area contributed by atoms with Crippen molar-refractivity contribution in [3.63, 3.8) is 0 Å². The second-order valence-corrected chi connectivity index (χ2v) is 9.99. The molecule has 2 atom stereocenters. The van der Waals surface area contributed by atoms with Crippen molar-refractivity contribution in [3.05, 3.63) is 120 Å². The molecule has 4 aromatic rings. The maximum atomic E-state index is 2.79. The summed E-state index contributed by atoms with van der Waals surface area (Å²) < 4.78 is 2.79. The van der Waals surface area contributed by atoms with Crippen LogP contribution >= 0.6 is 0 Å². The third-order valence-corrected chi connectivity index (χ3v) is 8.41. The summed E-state index contributed by atoms with van der Waals surface area (Å²) in [6, 6.07) is 38.3. The molecule has 0 aromatic heterocycles. The van der Waals surface area contributed by atoms with E-state index in [-0.39, 0.29) is 17.8 Å². The van der Waals surface area contributed by atoms with Crippen LogP contribution in [-0.2, 0) is 5.41 Å². The zero-order valence-corrected chi connectivity index (χ0v) is 18.5. The largest absolute Gasteiger partial charge is 0.555 e. The average Bonchev–Trinajstić information content (AvgIpc) is 3.47. The first-order valence-electron chi connectivity index (χ1n) is 11.6. The summed E-state index contributed by atoms with van der Waals surface area (Å²) in [6.45, 7) is 5.12. The molecule has 3 aliphatic rings. The van der Waals surface area contributed by atoms with Gasteiger partial charge >= 0.3 is 6.85 Å². The molecular formula is C30H25BN+. The Bertz CT molecular complexity index is 1440. The van der Waals surface area contributed by atoms with Gasteiger partial charge in [-0.05, 0) is 42.7 Å². The molecule has 0 radical (unpaired) electrons. The lowest BCUT2D eigenvalue weighted by molar-refractivity contribution is -0.453. The van der Waals surface area contributed by atoms with Crippen LogP contribution in [0.15, 0.2) is 103 Å². The molecule has 152 valence electrons. The van der Waals surface area contributed by atoms with Crippen molar-refractivity contribution >= 4 is 23.5 Å². The number of nitrogens with zero attached hydrogens (tertiary/aromatic N) is 1. The van der Waals surface area contributed by atoms with E-state index >= 15 is 0 Å². The zero-order chi connectivity index (χ0) is 21.5. The molecule has 0 amide bonds. The summed E-state index contributed by atoms with van der Waals surface area (Å²) in [5, 5.41) is 0. The standard InChI is InChI=1S/C30H25BN/c1-29-20-30(29,2)32-28(25-17-8-10-18-26(25)29)24-16-7-6-14-22(24)23-15-9-11-19-27(23)31(32)21-12-4-3-5-13-21/h3-19H,20H2,1-2H3/q+1. The summed E-state index contributed by atoms with van der Waals surface area (Å²) in [7, 11) is 0. The van der Waals surface area contributed by atoms with Crippen LogP contribution in [0, 0.1) is 0 Å². The Morgan fingerprint density at radius 3 is 2.00 bits per heavy atom. The fourth-order valence-electron chi connectivity index (χ4n) is 6.63. The van der Waals surface area contributed by atoms with E-state index < -0.39 is 0 Å². The summed E-state index contributed by atoms with van der Waals surface area (Å²) in [5.74, 6) is 0. The Kier molecular flexibility index (Phi) is 3.47. The number of rotatable bonds is 1. The van der Waals surface area contributed by atoms with Gasteiger partial charge in [-0.3, -0.25) is 4.49 Å². The summed E-state index contributed by atoms with van der Waals surface area (Å²) >= 11 is 0. The Morgan fingerprint density at radius 1 is 0.625 bits per heavy atom. The third kappa shape index (κ3) is 2.13. The summed E-state index contributed by atoms with van der Waals surface area (Å²) in [5.41, 5.74) is 11.3. The smallest absolute Gasteiger partial charge is 0.299 e. The van der Waals surface area contributed by atoms with Gasteiger partial charge in [0.25, 0.3) is 0 Å². The van der Waals surface area contributed by atoms with Gasteiger partial charge in [0.1, 0.15) is 5.54 Å². The van der Waals surface area contributed by atoms with Crippen molar-refractivity contribution in [2.45, 2.75) is 31.2 Å². The van der Waals surface area contributed by atoms with Crippen molar-refractivity contribution in [1.29, 1.82) is 0 Å². The van der Waals surface area contributed by atoms with Crippen molar-refractivity contribution in [2.75, 3.05) is 0 Å². The van der Waals surface area contributed by atoms with E-state index in [9.17, 15) is 0 Å². The lowest BCUT2D eigenvalue weighted by Crippen LogP contribution is -2.60. The minimum Gasteiger partial charge on any atom is -0.299 e. The van der Waals surface area contributed by atoms with Crippen LogP contribution < -0.4 is 10.9 Å². The van der Waals surface area contributed by atoms with E-state index in [0.29, 0.717) is 0 Å². The fraction of sp³-hybridized carbons (Fsp3) is 0.167. The predicted molar refractivity (Wildman–Crippen MR) is 134 cm³/mol. The molecule has 32 heavy (non-hydrogen) atoms. The molecular weight excluding hydrogens is 385 g/mol. The second kappa shape index (κ2) is 6.10. The van der Waals surface area contributed by atoms with E-state index in [2.05, 4.69) is 121 Å². The molecule has 0 saturated heterocycles. The summed E-state index contributed by atoms with van der Waals surface area (Å²) in [6.07, 6.45) is 1.17. The molecule has 1 fully saturated rings. The van der Waals surface area contributed by atoms with Crippen molar-refractivity contribution < 1.29 is 4.49 Å². The third-order valence-electron chi connectivity index (χ3n) is 8.41.